The van der Waals surface area contributed by atoms with Gasteiger partial charge >= 0.3 is 0 Å². The number of carbonyl (C=O) groups excluding carboxylic acids is 1. The molecule has 0 spiro atoms. The monoisotopic (exact) mass is 500 g/mol. The summed E-state index contributed by atoms with van der Waals surface area (Å²) in [6, 6.07) is 0. The van der Waals surface area contributed by atoms with Crippen LogP contribution in [0, 0.1) is 0 Å². The lowest BCUT2D eigenvalue weighted by molar-refractivity contribution is -0.127. The summed E-state index contributed by atoms with van der Waals surface area (Å²) < 4.78 is 16.5. The molecule has 1 aliphatic rings. The van der Waals surface area contributed by atoms with Crippen LogP contribution in [0.5, 0.6) is 0 Å². The van der Waals surface area contributed by atoms with Crippen molar-refractivity contribution in [3.63, 3.8) is 0 Å². The summed E-state index contributed by atoms with van der Waals surface area (Å²) >= 11 is 0. The first-order chi connectivity index (χ1) is 12.6. The molecule has 0 aromatic rings. The van der Waals surface area contributed by atoms with Crippen LogP contribution in [0.2, 0.25) is 0 Å². The lowest BCUT2D eigenvalue weighted by atomic mass is 10.2. The quantitative estimate of drug-likeness (QED) is 0.171. The predicted molar refractivity (Wildman–Crippen MR) is 118 cm³/mol. The lowest BCUT2D eigenvalue weighted by Gasteiger charge is -2.14. The molecular formula is C18H37IN4O4. The smallest absolute Gasteiger partial charge is 0.243 e. The van der Waals surface area contributed by atoms with Crippen LogP contribution < -0.4 is 10.6 Å². The standard InChI is InChI=1S/C18H36N4O4.HI/c1-4-24-11-6-9-19-18(21-14-17(23)22(2)3)20-10-7-12-25-15-16-8-5-13-26-16;/h16H,4-15H2,1-3H3,(H2,19,20,21);1H. The van der Waals surface area contributed by atoms with Crippen LogP contribution in [-0.2, 0) is 19.0 Å². The maximum atomic E-state index is 11.7. The van der Waals surface area contributed by atoms with Crippen molar-refractivity contribution < 1.29 is 19.0 Å². The minimum atomic E-state index is -0.0275. The van der Waals surface area contributed by atoms with E-state index in [0.717, 1.165) is 52.0 Å². The van der Waals surface area contributed by atoms with Crippen molar-refractivity contribution in [3.05, 3.63) is 0 Å². The average molecular weight is 500 g/mol. The zero-order valence-electron chi connectivity index (χ0n) is 17.0. The molecule has 0 bridgehead atoms. The van der Waals surface area contributed by atoms with E-state index in [2.05, 4.69) is 15.6 Å². The highest BCUT2D eigenvalue weighted by atomic mass is 127. The van der Waals surface area contributed by atoms with Crippen molar-refractivity contribution >= 4 is 35.8 Å². The van der Waals surface area contributed by atoms with E-state index >= 15 is 0 Å². The average Bonchev–Trinajstić information content (AvgIpc) is 3.14. The van der Waals surface area contributed by atoms with Gasteiger partial charge in [0.1, 0.15) is 6.54 Å². The number of hydrogen-bond donors (Lipinski definition) is 2. The number of halogens is 1. The first kappa shape index (κ1) is 26.4. The third kappa shape index (κ3) is 14.1. The predicted octanol–water partition coefficient (Wildman–Crippen LogP) is 1.24. The molecule has 0 aromatic heterocycles. The van der Waals surface area contributed by atoms with Gasteiger partial charge in [-0.1, -0.05) is 0 Å². The number of nitrogens with zero attached hydrogens (tertiary/aromatic N) is 2. The SMILES string of the molecule is CCOCCCNC(=NCC(=O)N(C)C)NCCCOCC1CCCO1.I. The van der Waals surface area contributed by atoms with Gasteiger partial charge in [0, 0.05) is 53.6 Å². The summed E-state index contributed by atoms with van der Waals surface area (Å²) in [6.45, 7) is 7.24. The number of guanidine groups is 1. The molecule has 2 N–H and O–H groups in total. The zero-order chi connectivity index (χ0) is 19.0. The van der Waals surface area contributed by atoms with E-state index in [1.165, 1.54) is 4.90 Å². The summed E-state index contributed by atoms with van der Waals surface area (Å²) in [5.41, 5.74) is 0. The molecule has 0 radical (unpaired) electrons. The van der Waals surface area contributed by atoms with E-state index in [4.69, 9.17) is 14.2 Å². The Bertz CT molecular complexity index is 405. The van der Waals surface area contributed by atoms with Crippen LogP contribution in [0.3, 0.4) is 0 Å². The third-order valence-corrected chi connectivity index (χ3v) is 3.92. The fraction of sp³-hybridized carbons (Fsp3) is 0.889. The second-order valence-electron chi connectivity index (χ2n) is 6.42. The molecule has 1 aliphatic heterocycles. The van der Waals surface area contributed by atoms with E-state index < -0.39 is 0 Å². The second kappa shape index (κ2) is 17.4. The Kier molecular flexibility index (Phi) is 17.0. The minimum Gasteiger partial charge on any atom is -0.382 e. The largest absolute Gasteiger partial charge is 0.382 e. The summed E-state index contributed by atoms with van der Waals surface area (Å²) in [4.78, 5) is 17.6. The number of likely N-dealkylation sites (N-methyl/N-ethyl adjacent to an activating group) is 1. The molecule has 0 aromatic carbocycles. The summed E-state index contributed by atoms with van der Waals surface area (Å²) in [6.07, 6.45) is 4.26. The third-order valence-electron chi connectivity index (χ3n) is 3.92. The zero-order valence-corrected chi connectivity index (χ0v) is 19.3. The molecule has 0 aliphatic carbocycles. The maximum Gasteiger partial charge on any atom is 0.243 e. The summed E-state index contributed by atoms with van der Waals surface area (Å²) in [5, 5.41) is 6.49. The molecule has 1 amide bonds. The van der Waals surface area contributed by atoms with Gasteiger partial charge in [-0.25, -0.2) is 4.99 Å². The van der Waals surface area contributed by atoms with E-state index in [9.17, 15) is 4.79 Å². The van der Waals surface area contributed by atoms with Gasteiger partial charge in [0.15, 0.2) is 5.96 Å². The first-order valence-corrected chi connectivity index (χ1v) is 9.63. The van der Waals surface area contributed by atoms with Crippen LogP contribution in [-0.4, -0.2) is 89.6 Å². The van der Waals surface area contributed by atoms with Gasteiger partial charge in [0.2, 0.25) is 5.91 Å². The van der Waals surface area contributed by atoms with Gasteiger partial charge in [0.25, 0.3) is 0 Å². The molecule has 1 heterocycles. The molecule has 1 unspecified atom stereocenters. The van der Waals surface area contributed by atoms with Crippen LogP contribution in [0.1, 0.15) is 32.6 Å². The van der Waals surface area contributed by atoms with Crippen molar-refractivity contribution in [1.29, 1.82) is 0 Å². The van der Waals surface area contributed by atoms with Crippen molar-refractivity contribution in [2.45, 2.75) is 38.7 Å². The number of hydrogen-bond acceptors (Lipinski definition) is 5. The van der Waals surface area contributed by atoms with Gasteiger partial charge in [-0.3, -0.25) is 4.79 Å². The lowest BCUT2D eigenvalue weighted by Crippen LogP contribution is -2.40. The molecule has 27 heavy (non-hydrogen) atoms. The molecule has 1 rings (SSSR count). The molecule has 1 fully saturated rings. The molecular weight excluding hydrogens is 463 g/mol. The molecule has 8 nitrogen and oxygen atoms in total. The highest BCUT2D eigenvalue weighted by molar-refractivity contribution is 14.0. The number of aliphatic imine (C=N–C) groups is 1. The molecule has 0 saturated carbocycles. The Morgan fingerprint density at radius 2 is 1.85 bits per heavy atom. The van der Waals surface area contributed by atoms with E-state index in [1.54, 1.807) is 14.1 Å². The normalized spacial score (nSPS) is 16.7. The number of carbonyl (C=O) groups is 1. The Morgan fingerprint density at radius 3 is 2.41 bits per heavy atom. The second-order valence-corrected chi connectivity index (χ2v) is 6.42. The Labute approximate surface area is 180 Å². The summed E-state index contributed by atoms with van der Waals surface area (Å²) in [7, 11) is 3.46. The van der Waals surface area contributed by atoms with Gasteiger partial charge in [-0.05, 0) is 32.6 Å². The van der Waals surface area contributed by atoms with Crippen LogP contribution in [0.25, 0.3) is 0 Å². The fourth-order valence-electron chi connectivity index (χ4n) is 2.36. The molecule has 1 saturated heterocycles. The van der Waals surface area contributed by atoms with E-state index in [1.807, 2.05) is 6.92 Å². The topological polar surface area (TPSA) is 84.4 Å². The fourth-order valence-corrected chi connectivity index (χ4v) is 2.36. The maximum absolute atomic E-state index is 11.7. The van der Waals surface area contributed by atoms with Crippen LogP contribution in [0.15, 0.2) is 4.99 Å². The summed E-state index contributed by atoms with van der Waals surface area (Å²) in [5.74, 6) is 0.621. The minimum absolute atomic E-state index is 0. The van der Waals surface area contributed by atoms with Crippen LogP contribution >= 0.6 is 24.0 Å². The highest BCUT2D eigenvalue weighted by Crippen LogP contribution is 2.11. The van der Waals surface area contributed by atoms with Crippen LogP contribution in [0.4, 0.5) is 0 Å². The molecule has 160 valence electrons. The van der Waals surface area contributed by atoms with Crippen molar-refractivity contribution in [2.24, 2.45) is 4.99 Å². The number of amides is 1. The van der Waals surface area contributed by atoms with Gasteiger partial charge in [0.05, 0.1) is 12.7 Å². The number of nitrogens with one attached hydrogen (secondary N) is 2. The first-order valence-electron chi connectivity index (χ1n) is 9.63. The van der Waals surface area contributed by atoms with Crippen molar-refractivity contribution in [2.75, 3.05) is 66.8 Å². The number of ether oxygens (including phenoxy) is 3. The molecule has 1 atom stereocenters. The Balaban J connectivity index is 0.00000676. The van der Waals surface area contributed by atoms with Crippen molar-refractivity contribution in [1.82, 2.24) is 15.5 Å². The van der Waals surface area contributed by atoms with Gasteiger partial charge in [-0.2, -0.15) is 0 Å². The Morgan fingerprint density at radius 1 is 1.19 bits per heavy atom. The van der Waals surface area contributed by atoms with Gasteiger partial charge in [-0.15, -0.1) is 24.0 Å². The van der Waals surface area contributed by atoms with E-state index in [0.29, 0.717) is 25.8 Å². The van der Waals surface area contributed by atoms with Gasteiger partial charge < -0.3 is 29.7 Å². The Hall–Kier alpha value is -0.650. The highest BCUT2D eigenvalue weighted by Gasteiger charge is 2.14. The number of rotatable bonds is 13. The van der Waals surface area contributed by atoms with Crippen molar-refractivity contribution in [3.8, 4) is 0 Å². The molecule has 9 heteroatoms. The van der Waals surface area contributed by atoms with E-state index in [-0.39, 0.29) is 42.5 Å².